The van der Waals surface area contributed by atoms with E-state index in [1.165, 1.54) is 0 Å². The number of nitrogens with one attached hydrogen (secondary N) is 1. The molecule has 43 heavy (non-hydrogen) atoms. The van der Waals surface area contributed by atoms with E-state index in [1.54, 1.807) is 35.2 Å². The molecule has 1 amide bonds. The minimum atomic E-state index is -3.71. The first-order valence-corrected chi connectivity index (χ1v) is 16.2. The van der Waals surface area contributed by atoms with E-state index < -0.39 is 10.0 Å². The molecular weight excluding hydrogens is 568 g/mol. The number of fused-ring (bicyclic) bond motifs is 1. The number of anilines is 1. The largest absolute Gasteiger partial charge is 0.494 e. The summed E-state index contributed by atoms with van der Waals surface area (Å²) >= 11 is 0. The second-order valence-electron chi connectivity index (χ2n) is 10.3. The molecule has 0 spiro atoms. The van der Waals surface area contributed by atoms with Crippen LogP contribution in [0.2, 0.25) is 0 Å². The lowest BCUT2D eigenvalue weighted by atomic mass is 10.0. The minimum Gasteiger partial charge on any atom is -0.494 e. The zero-order chi connectivity index (χ0) is 30.6. The highest BCUT2D eigenvalue weighted by molar-refractivity contribution is 7.92. The molecule has 0 saturated carbocycles. The molecule has 2 heterocycles. The van der Waals surface area contributed by atoms with Gasteiger partial charge in [0.15, 0.2) is 17.4 Å². The maximum atomic E-state index is 12.8. The number of ether oxygens (including phenoxy) is 2. The van der Waals surface area contributed by atoms with Crippen molar-refractivity contribution in [3.63, 3.8) is 0 Å². The molecule has 10 nitrogen and oxygen atoms in total. The highest BCUT2D eigenvalue weighted by Crippen LogP contribution is 2.39. The summed E-state index contributed by atoms with van der Waals surface area (Å²) in [6.45, 7) is 5.72. The number of hydrogen-bond donors (Lipinski definition) is 2. The fraction of sp³-hybridized carbons (Fsp3) is 0.312. The predicted molar refractivity (Wildman–Crippen MR) is 168 cm³/mol. The normalized spacial score (nSPS) is 13.8. The molecule has 0 unspecified atom stereocenters. The van der Waals surface area contributed by atoms with Crippen molar-refractivity contribution < 1.29 is 27.8 Å². The van der Waals surface area contributed by atoms with E-state index in [9.17, 15) is 18.3 Å². The summed E-state index contributed by atoms with van der Waals surface area (Å²) < 4.78 is 38.1. The molecule has 0 radical (unpaired) electrons. The van der Waals surface area contributed by atoms with Gasteiger partial charge >= 0.3 is 0 Å². The number of nitrogens with zero attached hydrogens (tertiary/aromatic N) is 3. The molecule has 0 aliphatic carbocycles. The summed E-state index contributed by atoms with van der Waals surface area (Å²) in [5.74, 6) is 0.842. The van der Waals surface area contributed by atoms with Crippen molar-refractivity contribution in [2.45, 2.75) is 26.7 Å². The molecule has 3 aromatic carbocycles. The SMILES string of the molecule is CCOc1cc2[nH]c(O)c(C(=Nc3ccc(N(CC(=O)N4CCCC4)S(C)(=O)=O)cc3)c3ccccc3)c2cc1OCC. The number of carbonyl (C=O) groups excluding carboxylic acids is 1. The Kier molecular flexibility index (Phi) is 8.91. The van der Waals surface area contributed by atoms with Crippen LogP contribution in [-0.4, -0.2) is 74.1 Å². The Labute approximate surface area is 251 Å². The Morgan fingerprint density at radius 2 is 1.60 bits per heavy atom. The van der Waals surface area contributed by atoms with Gasteiger partial charge in [-0.15, -0.1) is 0 Å². The van der Waals surface area contributed by atoms with Crippen molar-refractivity contribution in [3.05, 3.63) is 77.9 Å². The number of sulfonamides is 1. The van der Waals surface area contributed by atoms with Gasteiger partial charge in [0.1, 0.15) is 6.54 Å². The first-order chi connectivity index (χ1) is 20.7. The first-order valence-electron chi connectivity index (χ1n) is 14.3. The van der Waals surface area contributed by atoms with Gasteiger partial charge < -0.3 is 24.5 Å². The Hall–Kier alpha value is -4.51. The summed E-state index contributed by atoms with van der Waals surface area (Å²) in [5, 5.41) is 11.8. The lowest BCUT2D eigenvalue weighted by Gasteiger charge is -2.25. The summed E-state index contributed by atoms with van der Waals surface area (Å²) in [7, 11) is -3.71. The Bertz CT molecular complexity index is 1730. The van der Waals surface area contributed by atoms with Gasteiger partial charge in [0.05, 0.1) is 47.6 Å². The number of aliphatic imine (C=N–C) groups is 1. The molecule has 1 aromatic heterocycles. The molecule has 2 N–H and O–H groups in total. The average Bonchev–Trinajstić information content (AvgIpc) is 3.63. The molecule has 4 aromatic rings. The summed E-state index contributed by atoms with van der Waals surface area (Å²) in [6, 6.07) is 19.8. The highest BCUT2D eigenvalue weighted by Gasteiger charge is 2.26. The van der Waals surface area contributed by atoms with Gasteiger partial charge in [-0.05, 0) is 57.0 Å². The molecule has 11 heteroatoms. The number of aromatic hydroxyl groups is 1. The van der Waals surface area contributed by atoms with Crippen LogP contribution in [0, 0.1) is 0 Å². The van der Waals surface area contributed by atoms with Gasteiger partial charge in [0.2, 0.25) is 15.9 Å². The fourth-order valence-electron chi connectivity index (χ4n) is 5.24. The molecule has 1 saturated heterocycles. The number of likely N-dealkylation sites (tertiary alicyclic amines) is 1. The van der Waals surface area contributed by atoms with Crippen LogP contribution in [0.5, 0.6) is 17.4 Å². The lowest BCUT2D eigenvalue weighted by molar-refractivity contribution is -0.128. The van der Waals surface area contributed by atoms with Crippen LogP contribution in [0.4, 0.5) is 11.4 Å². The molecule has 1 aliphatic heterocycles. The zero-order valence-corrected chi connectivity index (χ0v) is 25.4. The number of aromatic amines is 1. The third-order valence-corrected chi connectivity index (χ3v) is 8.38. The van der Waals surface area contributed by atoms with Crippen LogP contribution in [0.25, 0.3) is 10.9 Å². The third-order valence-electron chi connectivity index (χ3n) is 7.24. The lowest BCUT2D eigenvalue weighted by Crippen LogP contribution is -2.41. The number of aromatic nitrogens is 1. The van der Waals surface area contributed by atoms with Crippen molar-refractivity contribution in [3.8, 4) is 17.4 Å². The van der Waals surface area contributed by atoms with E-state index in [2.05, 4.69) is 4.98 Å². The first kappa shape index (κ1) is 30.0. The maximum Gasteiger partial charge on any atom is 0.243 e. The van der Waals surface area contributed by atoms with Crippen LogP contribution in [0.15, 0.2) is 71.7 Å². The van der Waals surface area contributed by atoms with Crippen LogP contribution in [0.1, 0.15) is 37.8 Å². The number of benzene rings is 3. The molecule has 0 bridgehead atoms. The zero-order valence-electron chi connectivity index (χ0n) is 24.5. The van der Waals surface area contributed by atoms with E-state index >= 15 is 0 Å². The number of carbonyl (C=O) groups is 1. The number of rotatable bonds is 11. The summed E-state index contributed by atoms with van der Waals surface area (Å²) in [5.41, 5.74) is 3.33. The average molecular weight is 605 g/mol. The van der Waals surface area contributed by atoms with E-state index in [1.807, 2.05) is 50.2 Å². The van der Waals surface area contributed by atoms with Gasteiger partial charge in [-0.25, -0.2) is 13.4 Å². The number of hydrogen-bond acceptors (Lipinski definition) is 7. The molecule has 0 atom stereocenters. The van der Waals surface area contributed by atoms with Gasteiger partial charge in [0.25, 0.3) is 0 Å². The van der Waals surface area contributed by atoms with Crippen LogP contribution in [-0.2, 0) is 14.8 Å². The maximum absolute atomic E-state index is 12.8. The van der Waals surface area contributed by atoms with Gasteiger partial charge in [-0.2, -0.15) is 0 Å². The van der Waals surface area contributed by atoms with Gasteiger partial charge in [0, 0.05) is 30.1 Å². The Morgan fingerprint density at radius 3 is 2.21 bits per heavy atom. The molecule has 1 fully saturated rings. The van der Waals surface area contributed by atoms with Crippen molar-refractivity contribution >= 4 is 43.9 Å². The fourth-order valence-corrected chi connectivity index (χ4v) is 6.09. The van der Waals surface area contributed by atoms with Crippen molar-refractivity contribution in [2.75, 3.05) is 43.4 Å². The van der Waals surface area contributed by atoms with E-state index in [0.29, 0.717) is 71.4 Å². The third kappa shape index (κ3) is 6.61. The molecule has 1 aliphatic rings. The van der Waals surface area contributed by atoms with E-state index in [4.69, 9.17) is 14.5 Å². The second kappa shape index (κ2) is 12.8. The van der Waals surface area contributed by atoms with Gasteiger partial charge in [-0.3, -0.25) is 9.10 Å². The Balaban J connectivity index is 1.56. The van der Waals surface area contributed by atoms with E-state index in [0.717, 1.165) is 29.0 Å². The second-order valence-corrected chi connectivity index (χ2v) is 12.2. The van der Waals surface area contributed by atoms with Crippen LogP contribution < -0.4 is 13.8 Å². The van der Waals surface area contributed by atoms with Crippen LogP contribution in [0.3, 0.4) is 0 Å². The van der Waals surface area contributed by atoms with E-state index in [-0.39, 0.29) is 18.3 Å². The smallest absolute Gasteiger partial charge is 0.243 e. The van der Waals surface area contributed by atoms with Crippen molar-refractivity contribution in [1.29, 1.82) is 0 Å². The van der Waals surface area contributed by atoms with Crippen molar-refractivity contribution in [1.82, 2.24) is 9.88 Å². The monoisotopic (exact) mass is 604 g/mol. The predicted octanol–water partition coefficient (Wildman–Crippen LogP) is 5.23. The minimum absolute atomic E-state index is 0.0611. The quantitative estimate of drug-likeness (QED) is 0.226. The topological polar surface area (TPSA) is 125 Å². The highest BCUT2D eigenvalue weighted by atomic mass is 32.2. The number of H-pyrrole nitrogens is 1. The molecular formula is C32H36N4O6S. The standard InChI is InChI=1S/C32H36N4O6S/c1-4-41-27-19-25-26(20-28(27)42-5-2)34-32(38)30(25)31(22-11-7-6-8-12-22)33-23-13-15-24(16-14-23)36(43(3,39)40)21-29(37)35-17-9-10-18-35/h6-8,11-16,19-20,34,38H,4-5,9-10,17-18,21H2,1-3H3. The van der Waals surface area contributed by atoms with Crippen molar-refractivity contribution in [2.24, 2.45) is 4.99 Å². The molecule has 226 valence electrons. The molecule has 5 rings (SSSR count). The van der Waals surface area contributed by atoms with Gasteiger partial charge in [-0.1, -0.05) is 30.3 Å². The summed E-state index contributed by atoms with van der Waals surface area (Å²) in [6.07, 6.45) is 2.94. The Morgan fingerprint density at radius 1 is 0.977 bits per heavy atom. The van der Waals surface area contributed by atoms with Crippen LogP contribution >= 0.6 is 0 Å². The number of amides is 1. The summed E-state index contributed by atoms with van der Waals surface area (Å²) in [4.78, 5) is 22.5.